The van der Waals surface area contributed by atoms with Gasteiger partial charge in [0.25, 0.3) is 0 Å². The summed E-state index contributed by atoms with van der Waals surface area (Å²) >= 11 is 0. The molecule has 3 nitrogen and oxygen atoms in total. The molecule has 104 valence electrons. The van der Waals surface area contributed by atoms with Gasteiger partial charge in [-0.15, -0.1) is 0 Å². The lowest BCUT2D eigenvalue weighted by atomic mass is 9.60. The first-order valence-corrected chi connectivity index (χ1v) is 7.59. The smallest absolute Gasteiger partial charge is 0.0661 e. The van der Waals surface area contributed by atoms with Crippen molar-refractivity contribution in [3.05, 3.63) is 30.1 Å². The van der Waals surface area contributed by atoms with Crippen molar-refractivity contribution in [1.29, 1.82) is 0 Å². The molecule has 2 saturated carbocycles. The first kappa shape index (κ1) is 13.1. The van der Waals surface area contributed by atoms with Crippen molar-refractivity contribution in [3.8, 4) is 0 Å². The highest BCUT2D eigenvalue weighted by Gasteiger charge is 2.56. The molecule has 0 aromatic carbocycles. The Hall–Kier alpha value is -0.930. The minimum atomic E-state index is 0.429. The Morgan fingerprint density at radius 1 is 1.42 bits per heavy atom. The van der Waals surface area contributed by atoms with Crippen LogP contribution in [0, 0.1) is 5.41 Å². The molecule has 0 aliphatic heterocycles. The lowest BCUT2D eigenvalue weighted by Gasteiger charge is -2.54. The van der Waals surface area contributed by atoms with Gasteiger partial charge in [0.05, 0.1) is 6.10 Å². The SMILES string of the molecule is CCOC1CC(NCc2cccnc2)C12CCCC2. The fraction of sp³-hybridized carbons (Fsp3) is 0.688. The zero-order chi connectivity index (χ0) is 13.1. The highest BCUT2D eigenvalue weighted by Crippen LogP contribution is 2.54. The van der Waals surface area contributed by atoms with Crippen LogP contribution in [0.3, 0.4) is 0 Å². The monoisotopic (exact) mass is 260 g/mol. The molecule has 2 fully saturated rings. The van der Waals surface area contributed by atoms with E-state index in [0.29, 0.717) is 17.6 Å². The number of hydrogen-bond acceptors (Lipinski definition) is 3. The summed E-state index contributed by atoms with van der Waals surface area (Å²) in [7, 11) is 0. The summed E-state index contributed by atoms with van der Waals surface area (Å²) in [5.74, 6) is 0. The Kier molecular flexibility index (Phi) is 3.85. The maximum absolute atomic E-state index is 5.95. The Bertz CT molecular complexity index is 400. The molecular weight excluding hydrogens is 236 g/mol. The third kappa shape index (κ3) is 2.41. The van der Waals surface area contributed by atoms with Crippen molar-refractivity contribution >= 4 is 0 Å². The van der Waals surface area contributed by atoms with Gasteiger partial charge in [-0.25, -0.2) is 0 Å². The second-order valence-electron chi connectivity index (χ2n) is 5.91. The minimum absolute atomic E-state index is 0.429. The molecule has 2 unspecified atom stereocenters. The highest BCUT2D eigenvalue weighted by atomic mass is 16.5. The van der Waals surface area contributed by atoms with Crippen LogP contribution in [-0.4, -0.2) is 23.7 Å². The van der Waals surface area contributed by atoms with Crippen molar-refractivity contribution in [2.45, 2.75) is 57.7 Å². The summed E-state index contributed by atoms with van der Waals surface area (Å²) < 4.78 is 5.95. The molecule has 1 heterocycles. The van der Waals surface area contributed by atoms with Gasteiger partial charge < -0.3 is 10.1 Å². The number of ether oxygens (including phenoxy) is 1. The fourth-order valence-electron chi connectivity index (χ4n) is 3.92. The normalized spacial score (nSPS) is 28.5. The van der Waals surface area contributed by atoms with Gasteiger partial charge in [0.2, 0.25) is 0 Å². The minimum Gasteiger partial charge on any atom is -0.378 e. The number of nitrogens with zero attached hydrogens (tertiary/aromatic N) is 1. The van der Waals surface area contributed by atoms with E-state index >= 15 is 0 Å². The van der Waals surface area contributed by atoms with E-state index < -0.39 is 0 Å². The van der Waals surface area contributed by atoms with Crippen molar-refractivity contribution < 1.29 is 4.74 Å². The topological polar surface area (TPSA) is 34.1 Å². The van der Waals surface area contributed by atoms with Gasteiger partial charge in [0.1, 0.15) is 0 Å². The number of pyridine rings is 1. The van der Waals surface area contributed by atoms with E-state index in [-0.39, 0.29) is 0 Å². The molecule has 0 amide bonds. The molecule has 3 rings (SSSR count). The second kappa shape index (κ2) is 5.59. The van der Waals surface area contributed by atoms with Gasteiger partial charge in [-0.05, 0) is 37.8 Å². The predicted octanol–water partition coefficient (Wildman–Crippen LogP) is 2.91. The average molecular weight is 260 g/mol. The molecular formula is C16H24N2O. The summed E-state index contributed by atoms with van der Waals surface area (Å²) in [6, 6.07) is 4.78. The van der Waals surface area contributed by atoms with Crippen LogP contribution in [-0.2, 0) is 11.3 Å². The lowest BCUT2D eigenvalue weighted by Crippen LogP contribution is -2.62. The van der Waals surface area contributed by atoms with Gasteiger partial charge in [0, 0.05) is 37.0 Å². The van der Waals surface area contributed by atoms with Crippen LogP contribution in [0.4, 0.5) is 0 Å². The first-order valence-electron chi connectivity index (χ1n) is 7.59. The zero-order valence-electron chi connectivity index (χ0n) is 11.8. The van der Waals surface area contributed by atoms with Crippen LogP contribution in [0.15, 0.2) is 24.5 Å². The molecule has 1 N–H and O–H groups in total. The largest absolute Gasteiger partial charge is 0.378 e. The third-order valence-corrected chi connectivity index (χ3v) is 4.96. The van der Waals surface area contributed by atoms with Crippen molar-refractivity contribution in [1.82, 2.24) is 10.3 Å². The van der Waals surface area contributed by atoms with Crippen LogP contribution in [0.2, 0.25) is 0 Å². The second-order valence-corrected chi connectivity index (χ2v) is 5.91. The van der Waals surface area contributed by atoms with E-state index in [1.807, 2.05) is 18.5 Å². The summed E-state index contributed by atoms with van der Waals surface area (Å²) in [6.45, 7) is 3.89. The predicted molar refractivity (Wildman–Crippen MR) is 75.8 cm³/mol. The number of nitrogens with one attached hydrogen (secondary N) is 1. The standard InChI is InChI=1S/C16H24N2O/c1-2-19-15-10-14(16(15)7-3-4-8-16)18-12-13-6-5-9-17-11-13/h5-6,9,11,14-15,18H,2-4,7-8,10,12H2,1H3. The molecule has 1 aromatic heterocycles. The first-order chi connectivity index (χ1) is 9.35. The average Bonchev–Trinajstić information content (AvgIpc) is 2.95. The van der Waals surface area contributed by atoms with Crippen molar-refractivity contribution in [3.63, 3.8) is 0 Å². The Balaban J connectivity index is 1.59. The van der Waals surface area contributed by atoms with Crippen molar-refractivity contribution in [2.75, 3.05) is 6.61 Å². The molecule has 3 heteroatoms. The molecule has 0 radical (unpaired) electrons. The molecule has 0 saturated heterocycles. The molecule has 2 atom stereocenters. The fourth-order valence-corrected chi connectivity index (χ4v) is 3.92. The van der Waals surface area contributed by atoms with Gasteiger partial charge in [0.15, 0.2) is 0 Å². The summed E-state index contributed by atoms with van der Waals surface area (Å²) in [5.41, 5.74) is 1.70. The van der Waals surface area contributed by atoms with E-state index in [2.05, 4.69) is 23.3 Å². The van der Waals surface area contributed by atoms with E-state index in [1.165, 1.54) is 37.7 Å². The van der Waals surface area contributed by atoms with E-state index in [4.69, 9.17) is 4.74 Å². The molecule has 2 aliphatic rings. The van der Waals surface area contributed by atoms with E-state index in [0.717, 1.165) is 13.2 Å². The van der Waals surface area contributed by atoms with E-state index in [1.54, 1.807) is 0 Å². The van der Waals surface area contributed by atoms with Crippen LogP contribution < -0.4 is 5.32 Å². The van der Waals surface area contributed by atoms with Crippen LogP contribution >= 0.6 is 0 Å². The number of aromatic nitrogens is 1. The Labute approximate surface area is 115 Å². The summed E-state index contributed by atoms with van der Waals surface area (Å²) in [5, 5.41) is 3.74. The quantitative estimate of drug-likeness (QED) is 0.884. The van der Waals surface area contributed by atoms with E-state index in [9.17, 15) is 0 Å². The van der Waals surface area contributed by atoms with Crippen molar-refractivity contribution in [2.24, 2.45) is 5.41 Å². The molecule has 19 heavy (non-hydrogen) atoms. The molecule has 1 spiro atoms. The number of rotatable bonds is 5. The third-order valence-electron chi connectivity index (χ3n) is 4.96. The summed E-state index contributed by atoms with van der Waals surface area (Å²) in [4.78, 5) is 4.18. The van der Waals surface area contributed by atoms with Gasteiger partial charge in [-0.2, -0.15) is 0 Å². The molecule has 0 bridgehead atoms. The maximum atomic E-state index is 5.95. The van der Waals surface area contributed by atoms with Crippen LogP contribution in [0.1, 0.15) is 44.6 Å². The zero-order valence-corrected chi connectivity index (χ0v) is 11.8. The van der Waals surface area contributed by atoms with Crippen LogP contribution in [0.5, 0.6) is 0 Å². The Morgan fingerprint density at radius 2 is 2.26 bits per heavy atom. The van der Waals surface area contributed by atoms with Gasteiger partial charge in [-0.1, -0.05) is 18.9 Å². The van der Waals surface area contributed by atoms with Gasteiger partial charge in [-0.3, -0.25) is 4.98 Å². The summed E-state index contributed by atoms with van der Waals surface area (Å²) in [6.07, 6.45) is 10.9. The maximum Gasteiger partial charge on any atom is 0.0661 e. The highest BCUT2D eigenvalue weighted by molar-refractivity contribution is 5.13. The molecule has 1 aromatic rings. The Morgan fingerprint density at radius 3 is 2.95 bits per heavy atom. The lowest BCUT2D eigenvalue weighted by molar-refractivity contribution is -0.130. The number of hydrogen-bond donors (Lipinski definition) is 1. The molecule has 2 aliphatic carbocycles. The van der Waals surface area contributed by atoms with Crippen LogP contribution in [0.25, 0.3) is 0 Å². The van der Waals surface area contributed by atoms with Gasteiger partial charge >= 0.3 is 0 Å².